The van der Waals surface area contributed by atoms with E-state index in [1.807, 2.05) is 30.3 Å². The van der Waals surface area contributed by atoms with E-state index in [0.29, 0.717) is 28.6 Å². The molecule has 3 aromatic rings. The molecule has 34 heavy (non-hydrogen) atoms. The molecule has 178 valence electrons. The first-order chi connectivity index (χ1) is 16.1. The monoisotopic (exact) mass is 526 g/mol. The van der Waals surface area contributed by atoms with Crippen LogP contribution in [0.4, 0.5) is 19.0 Å². The predicted octanol–water partition coefficient (Wildman–Crippen LogP) is 6.41. The van der Waals surface area contributed by atoms with Crippen LogP contribution in [0, 0.1) is 0 Å². The molecule has 0 saturated heterocycles. The predicted molar refractivity (Wildman–Crippen MR) is 128 cm³/mol. The van der Waals surface area contributed by atoms with E-state index in [0.717, 1.165) is 15.6 Å². The molecule has 5 nitrogen and oxygen atoms in total. The van der Waals surface area contributed by atoms with Gasteiger partial charge >= 0.3 is 6.18 Å². The van der Waals surface area contributed by atoms with Crippen molar-refractivity contribution in [1.82, 2.24) is 15.1 Å². The zero-order chi connectivity index (χ0) is 24.5. The van der Waals surface area contributed by atoms with Crippen molar-refractivity contribution in [2.45, 2.75) is 24.0 Å². The number of allylic oxidation sites excluding steroid dienone is 1. The van der Waals surface area contributed by atoms with Crippen LogP contribution in [0.15, 0.2) is 70.8 Å². The molecular formula is C23H19Cl2F3N4OS. The fourth-order valence-electron chi connectivity index (χ4n) is 3.64. The maximum atomic E-state index is 13.4. The number of carbonyl (C=O) groups excluding carboxylic acids is 1. The molecule has 1 aliphatic rings. The van der Waals surface area contributed by atoms with Gasteiger partial charge in [-0.15, -0.1) is 11.8 Å². The van der Waals surface area contributed by atoms with Crippen molar-refractivity contribution in [3.8, 4) is 0 Å². The van der Waals surface area contributed by atoms with Crippen molar-refractivity contribution >= 4 is 46.7 Å². The van der Waals surface area contributed by atoms with Gasteiger partial charge in [0.05, 0.1) is 15.6 Å². The van der Waals surface area contributed by atoms with Gasteiger partial charge < -0.3 is 10.6 Å². The summed E-state index contributed by atoms with van der Waals surface area (Å²) in [5, 5.41) is 10.0. The summed E-state index contributed by atoms with van der Waals surface area (Å²) < 4.78 is 41.3. The third kappa shape index (κ3) is 5.21. The Morgan fingerprint density at radius 3 is 2.56 bits per heavy atom. The first kappa shape index (κ1) is 24.5. The molecule has 0 radical (unpaired) electrons. The number of rotatable bonds is 6. The zero-order valence-electron chi connectivity index (χ0n) is 17.8. The summed E-state index contributed by atoms with van der Waals surface area (Å²) in [6.07, 6.45) is -4.64. The van der Waals surface area contributed by atoms with E-state index < -0.39 is 23.8 Å². The van der Waals surface area contributed by atoms with E-state index in [1.165, 1.54) is 12.1 Å². The number of nitrogens with zero attached hydrogens (tertiary/aromatic N) is 2. The Kier molecular flexibility index (Phi) is 7.16. The van der Waals surface area contributed by atoms with Crippen LogP contribution >= 0.6 is 35.0 Å². The van der Waals surface area contributed by atoms with Gasteiger partial charge in [-0.05, 0) is 36.8 Å². The van der Waals surface area contributed by atoms with Crippen molar-refractivity contribution in [1.29, 1.82) is 0 Å². The lowest BCUT2D eigenvalue weighted by molar-refractivity contribution is -0.141. The second-order valence-electron chi connectivity index (χ2n) is 7.51. The highest BCUT2D eigenvalue weighted by Gasteiger charge is 2.39. The van der Waals surface area contributed by atoms with E-state index in [9.17, 15) is 18.0 Å². The summed E-state index contributed by atoms with van der Waals surface area (Å²) in [5.41, 5.74) is 0.0868. The molecule has 1 atom stereocenters. The number of carbonyl (C=O) groups is 1. The molecular weight excluding hydrogens is 508 g/mol. The average Bonchev–Trinajstić information content (AvgIpc) is 3.22. The van der Waals surface area contributed by atoms with Crippen LogP contribution < -0.4 is 10.6 Å². The number of halogens is 5. The lowest BCUT2D eigenvalue weighted by Gasteiger charge is -2.30. The van der Waals surface area contributed by atoms with Gasteiger partial charge in [-0.25, -0.2) is 4.68 Å². The molecule has 1 unspecified atom stereocenters. The number of aromatic nitrogens is 2. The fraction of sp³-hybridized carbons (Fsp3) is 0.217. The summed E-state index contributed by atoms with van der Waals surface area (Å²) in [6.45, 7) is 2.00. The highest BCUT2D eigenvalue weighted by atomic mass is 35.5. The van der Waals surface area contributed by atoms with E-state index in [1.54, 1.807) is 24.8 Å². The fourth-order valence-corrected chi connectivity index (χ4v) is 4.74. The number of anilines is 1. The Morgan fingerprint density at radius 1 is 1.15 bits per heavy atom. The molecule has 1 aromatic heterocycles. The normalized spacial score (nSPS) is 15.6. The van der Waals surface area contributed by atoms with Gasteiger partial charge in [-0.2, -0.15) is 18.3 Å². The lowest BCUT2D eigenvalue weighted by Crippen LogP contribution is -2.36. The number of fused-ring (bicyclic) bond motifs is 1. The van der Waals surface area contributed by atoms with E-state index in [4.69, 9.17) is 23.2 Å². The highest BCUT2D eigenvalue weighted by molar-refractivity contribution is 7.99. The van der Waals surface area contributed by atoms with Crippen LogP contribution in [-0.2, 0) is 11.0 Å². The van der Waals surface area contributed by atoms with Crippen LogP contribution in [0.5, 0.6) is 0 Å². The number of thioether (sulfide) groups is 1. The molecule has 1 amide bonds. The number of hydrogen-bond acceptors (Lipinski definition) is 4. The van der Waals surface area contributed by atoms with Crippen LogP contribution in [0.2, 0.25) is 10.0 Å². The van der Waals surface area contributed by atoms with Gasteiger partial charge in [0, 0.05) is 29.0 Å². The minimum Gasteiger partial charge on any atom is -0.351 e. The van der Waals surface area contributed by atoms with Crippen molar-refractivity contribution in [2.24, 2.45) is 0 Å². The number of alkyl halides is 3. The van der Waals surface area contributed by atoms with E-state index >= 15 is 0 Å². The van der Waals surface area contributed by atoms with Crippen molar-refractivity contribution < 1.29 is 18.0 Å². The molecule has 0 spiro atoms. The summed E-state index contributed by atoms with van der Waals surface area (Å²) in [6, 6.07) is 14.4. The molecule has 1 aliphatic heterocycles. The summed E-state index contributed by atoms with van der Waals surface area (Å²) >= 11 is 13.8. The van der Waals surface area contributed by atoms with Crippen molar-refractivity contribution in [3.63, 3.8) is 0 Å². The Bertz CT molecular complexity index is 1240. The molecule has 2 N–H and O–H groups in total. The highest BCUT2D eigenvalue weighted by Crippen LogP contribution is 2.40. The molecule has 0 saturated carbocycles. The Labute approximate surface area is 208 Å². The topological polar surface area (TPSA) is 59.0 Å². The second-order valence-corrected chi connectivity index (χ2v) is 9.50. The quantitative estimate of drug-likeness (QED) is 0.288. The third-order valence-corrected chi connectivity index (χ3v) is 6.92. The zero-order valence-corrected chi connectivity index (χ0v) is 20.1. The Balaban J connectivity index is 1.63. The molecule has 11 heteroatoms. The summed E-state index contributed by atoms with van der Waals surface area (Å²) in [5.74, 6) is 0.333. The maximum absolute atomic E-state index is 13.4. The van der Waals surface area contributed by atoms with Gasteiger partial charge in [0.1, 0.15) is 11.9 Å². The minimum absolute atomic E-state index is 0.122. The number of hydrogen-bond donors (Lipinski definition) is 2. The second kappa shape index (κ2) is 9.93. The van der Waals surface area contributed by atoms with Gasteiger partial charge in [0.2, 0.25) is 0 Å². The molecule has 0 aliphatic carbocycles. The van der Waals surface area contributed by atoms with Crippen molar-refractivity contribution in [3.05, 3.63) is 87.2 Å². The van der Waals surface area contributed by atoms with Gasteiger partial charge in [0.25, 0.3) is 5.91 Å². The SMILES string of the molecule is CC1=C(C(=O)NCCSc2ccccc2)C(c2ccc(Cl)c(Cl)c2)n2nc(C(F)(F)F)cc2N1. The van der Waals surface area contributed by atoms with Crippen LogP contribution in [0.3, 0.4) is 0 Å². The molecule has 2 heterocycles. The third-order valence-electron chi connectivity index (χ3n) is 5.17. The van der Waals surface area contributed by atoms with Crippen LogP contribution in [-0.4, -0.2) is 28.0 Å². The Morgan fingerprint density at radius 2 is 1.88 bits per heavy atom. The van der Waals surface area contributed by atoms with Gasteiger partial charge in [-0.3, -0.25) is 4.79 Å². The van der Waals surface area contributed by atoms with E-state index in [-0.39, 0.29) is 16.4 Å². The first-order valence-corrected chi connectivity index (χ1v) is 11.9. The summed E-state index contributed by atoms with van der Waals surface area (Å²) in [7, 11) is 0. The van der Waals surface area contributed by atoms with Crippen LogP contribution in [0.25, 0.3) is 0 Å². The lowest BCUT2D eigenvalue weighted by atomic mass is 9.95. The summed E-state index contributed by atoms with van der Waals surface area (Å²) in [4.78, 5) is 14.3. The molecule has 0 bridgehead atoms. The van der Waals surface area contributed by atoms with Gasteiger partial charge in [0.15, 0.2) is 5.69 Å². The standard InChI is InChI=1S/C23H19Cl2F3N4OS/c1-13-20(22(33)29-9-10-34-15-5-3-2-4-6-15)21(14-7-8-16(24)17(25)11-14)32-19(30-13)12-18(31-32)23(26,27)28/h2-8,11-12,21,30H,9-10H2,1H3,(H,29,33). The largest absolute Gasteiger partial charge is 0.435 e. The smallest absolute Gasteiger partial charge is 0.351 e. The molecule has 4 rings (SSSR count). The Hall–Kier alpha value is -2.62. The number of nitrogens with one attached hydrogen (secondary N) is 2. The molecule has 0 fully saturated rings. The number of amides is 1. The minimum atomic E-state index is -4.64. The van der Waals surface area contributed by atoms with Gasteiger partial charge in [-0.1, -0.05) is 47.5 Å². The van der Waals surface area contributed by atoms with Crippen molar-refractivity contribution in [2.75, 3.05) is 17.6 Å². The number of benzene rings is 2. The maximum Gasteiger partial charge on any atom is 0.435 e. The molecule has 2 aromatic carbocycles. The van der Waals surface area contributed by atoms with Crippen LogP contribution in [0.1, 0.15) is 24.2 Å². The first-order valence-electron chi connectivity index (χ1n) is 10.2. The average molecular weight is 527 g/mol. The van der Waals surface area contributed by atoms with E-state index in [2.05, 4.69) is 15.7 Å².